The van der Waals surface area contributed by atoms with E-state index in [9.17, 15) is 14.4 Å². The number of likely N-dealkylation sites (tertiary alicyclic amines) is 1. The Bertz CT molecular complexity index is 892. The lowest BCUT2D eigenvalue weighted by Crippen LogP contribution is -2.48. The molecule has 4 rings (SSSR count). The summed E-state index contributed by atoms with van der Waals surface area (Å²) in [6.07, 6.45) is 1.82. The number of esters is 1. The lowest BCUT2D eigenvalue weighted by Gasteiger charge is -2.39. The molecule has 0 aliphatic carbocycles. The monoisotopic (exact) mass is 363 g/mol. The van der Waals surface area contributed by atoms with E-state index in [0.29, 0.717) is 30.6 Å². The largest absolute Gasteiger partial charge is 0.449 e. The van der Waals surface area contributed by atoms with Gasteiger partial charge in [0.15, 0.2) is 11.4 Å². The van der Waals surface area contributed by atoms with Crippen LogP contribution < -0.4 is 0 Å². The van der Waals surface area contributed by atoms with Crippen LogP contribution in [0.2, 0.25) is 0 Å². The average molecular weight is 363 g/mol. The molecule has 0 bridgehead atoms. The van der Waals surface area contributed by atoms with Crippen molar-refractivity contribution in [3.63, 3.8) is 0 Å². The third-order valence-corrected chi connectivity index (χ3v) is 5.40. The number of benzene rings is 2. The maximum absolute atomic E-state index is 12.7. The fourth-order valence-electron chi connectivity index (χ4n) is 4.03. The highest BCUT2D eigenvalue weighted by Crippen LogP contribution is 2.42. The van der Waals surface area contributed by atoms with E-state index in [1.54, 1.807) is 23.1 Å². The summed E-state index contributed by atoms with van der Waals surface area (Å²) in [5.74, 6) is -0.425. The Morgan fingerprint density at radius 1 is 1.00 bits per heavy atom. The Morgan fingerprint density at radius 2 is 1.74 bits per heavy atom. The topological polar surface area (TPSA) is 63.7 Å². The SMILES string of the molecule is O=C(CCC(=O)N1CCCC2(C1)OC(=O)c1ccccc12)c1ccccc1. The van der Waals surface area contributed by atoms with Gasteiger partial charge in [-0.1, -0.05) is 48.5 Å². The van der Waals surface area contributed by atoms with Gasteiger partial charge in [-0.2, -0.15) is 0 Å². The molecule has 0 N–H and O–H groups in total. The van der Waals surface area contributed by atoms with Gasteiger partial charge in [0.2, 0.25) is 5.91 Å². The summed E-state index contributed by atoms with van der Waals surface area (Å²) in [5.41, 5.74) is 1.34. The van der Waals surface area contributed by atoms with Gasteiger partial charge in [-0.25, -0.2) is 4.79 Å². The van der Waals surface area contributed by atoms with Crippen molar-refractivity contribution < 1.29 is 19.1 Å². The van der Waals surface area contributed by atoms with Crippen molar-refractivity contribution in [2.75, 3.05) is 13.1 Å². The molecule has 138 valence electrons. The van der Waals surface area contributed by atoms with Crippen molar-refractivity contribution in [2.24, 2.45) is 0 Å². The summed E-state index contributed by atoms with van der Waals surface area (Å²) in [5, 5.41) is 0. The Labute approximate surface area is 157 Å². The second kappa shape index (κ2) is 6.99. The highest BCUT2D eigenvalue weighted by Gasteiger charge is 2.48. The van der Waals surface area contributed by atoms with Crippen LogP contribution in [0.3, 0.4) is 0 Å². The second-order valence-electron chi connectivity index (χ2n) is 7.14. The van der Waals surface area contributed by atoms with Crippen molar-refractivity contribution in [3.05, 3.63) is 71.3 Å². The normalized spacial score (nSPS) is 21.0. The summed E-state index contributed by atoms with van der Waals surface area (Å²) in [6, 6.07) is 16.4. The third-order valence-electron chi connectivity index (χ3n) is 5.40. The van der Waals surface area contributed by atoms with Crippen LogP contribution in [0.4, 0.5) is 0 Å². The maximum Gasteiger partial charge on any atom is 0.339 e. The molecule has 1 atom stereocenters. The molecule has 5 heteroatoms. The molecule has 2 aromatic carbocycles. The molecule has 2 aromatic rings. The fourth-order valence-corrected chi connectivity index (χ4v) is 4.03. The van der Waals surface area contributed by atoms with Crippen LogP contribution in [0, 0.1) is 0 Å². The van der Waals surface area contributed by atoms with Gasteiger partial charge in [0, 0.05) is 30.5 Å². The number of piperidine rings is 1. The van der Waals surface area contributed by atoms with Gasteiger partial charge >= 0.3 is 5.97 Å². The number of rotatable bonds is 4. The molecule has 5 nitrogen and oxygen atoms in total. The molecule has 2 aliphatic rings. The number of nitrogens with zero attached hydrogens (tertiary/aromatic N) is 1. The molecule has 1 fully saturated rings. The first kappa shape index (κ1) is 17.5. The number of ether oxygens (including phenoxy) is 1. The number of carbonyl (C=O) groups is 3. The molecule has 1 amide bonds. The van der Waals surface area contributed by atoms with Crippen LogP contribution in [0.5, 0.6) is 0 Å². The second-order valence-corrected chi connectivity index (χ2v) is 7.14. The van der Waals surface area contributed by atoms with Crippen molar-refractivity contribution in [1.29, 1.82) is 0 Å². The Hall–Kier alpha value is -2.95. The first-order chi connectivity index (χ1) is 13.1. The number of amides is 1. The molecule has 0 aromatic heterocycles. The van der Waals surface area contributed by atoms with E-state index in [1.807, 2.05) is 36.4 Å². The molecule has 0 saturated carbocycles. The first-order valence-corrected chi connectivity index (χ1v) is 9.28. The number of fused-ring (bicyclic) bond motifs is 2. The van der Waals surface area contributed by atoms with E-state index >= 15 is 0 Å². The lowest BCUT2D eigenvalue weighted by molar-refractivity contribution is -0.138. The summed E-state index contributed by atoms with van der Waals surface area (Å²) in [7, 11) is 0. The summed E-state index contributed by atoms with van der Waals surface area (Å²) in [6.45, 7) is 0.980. The number of hydrogen-bond acceptors (Lipinski definition) is 4. The van der Waals surface area contributed by atoms with Gasteiger partial charge in [-0.15, -0.1) is 0 Å². The highest BCUT2D eigenvalue weighted by atomic mass is 16.6. The van der Waals surface area contributed by atoms with Crippen molar-refractivity contribution >= 4 is 17.7 Å². The van der Waals surface area contributed by atoms with Gasteiger partial charge in [0.1, 0.15) is 0 Å². The molecule has 1 spiro atoms. The van der Waals surface area contributed by atoms with Gasteiger partial charge in [-0.05, 0) is 18.9 Å². The highest BCUT2D eigenvalue weighted by molar-refractivity contribution is 5.98. The molecule has 2 heterocycles. The molecular weight excluding hydrogens is 342 g/mol. The number of hydrogen-bond donors (Lipinski definition) is 0. The van der Waals surface area contributed by atoms with Gasteiger partial charge in [0.25, 0.3) is 0 Å². The van der Waals surface area contributed by atoms with Crippen LogP contribution in [0.1, 0.15) is 52.0 Å². The van der Waals surface area contributed by atoms with Gasteiger partial charge < -0.3 is 9.64 Å². The van der Waals surface area contributed by atoms with Crippen LogP contribution in [-0.4, -0.2) is 35.6 Å². The number of Topliss-reactive ketones (excluding diaryl/α,β-unsaturated/α-hetero) is 1. The minimum absolute atomic E-state index is 0.0340. The molecule has 1 saturated heterocycles. The zero-order chi connectivity index (χ0) is 18.9. The molecule has 27 heavy (non-hydrogen) atoms. The number of carbonyl (C=O) groups excluding carboxylic acids is 3. The van der Waals surface area contributed by atoms with Gasteiger partial charge in [0.05, 0.1) is 12.1 Å². The molecule has 2 aliphatic heterocycles. The van der Waals surface area contributed by atoms with Crippen molar-refractivity contribution in [2.45, 2.75) is 31.3 Å². The Kier molecular flexibility index (Phi) is 4.52. The predicted molar refractivity (Wildman–Crippen MR) is 99.4 cm³/mol. The minimum Gasteiger partial charge on any atom is -0.449 e. The summed E-state index contributed by atoms with van der Waals surface area (Å²) >= 11 is 0. The third kappa shape index (κ3) is 3.25. The van der Waals surface area contributed by atoms with Crippen LogP contribution >= 0.6 is 0 Å². The van der Waals surface area contributed by atoms with E-state index in [2.05, 4.69) is 0 Å². The standard InChI is InChI=1S/C22H21NO4/c24-19(16-7-2-1-3-8-16)11-12-20(25)23-14-6-13-22(15-23)18-10-5-4-9-17(18)21(26)27-22/h1-5,7-10H,6,11-15H2. The Balaban J connectivity index is 1.44. The zero-order valence-electron chi connectivity index (χ0n) is 15.0. The van der Waals surface area contributed by atoms with E-state index in [-0.39, 0.29) is 30.5 Å². The summed E-state index contributed by atoms with van der Waals surface area (Å²) in [4.78, 5) is 38.9. The van der Waals surface area contributed by atoms with Crippen molar-refractivity contribution in [1.82, 2.24) is 4.90 Å². The fraction of sp³-hybridized carbons (Fsp3) is 0.318. The molecule has 1 unspecified atom stereocenters. The van der Waals surface area contributed by atoms with Crippen LogP contribution in [0.25, 0.3) is 0 Å². The van der Waals surface area contributed by atoms with Crippen LogP contribution in [-0.2, 0) is 15.1 Å². The molecule has 0 radical (unpaired) electrons. The Morgan fingerprint density at radius 3 is 2.56 bits per heavy atom. The van der Waals surface area contributed by atoms with Crippen molar-refractivity contribution in [3.8, 4) is 0 Å². The minimum atomic E-state index is -0.745. The predicted octanol–water partition coefficient (Wildman–Crippen LogP) is 3.34. The number of ketones is 1. The summed E-state index contributed by atoms with van der Waals surface area (Å²) < 4.78 is 5.74. The average Bonchev–Trinajstić information content (AvgIpc) is 2.98. The lowest BCUT2D eigenvalue weighted by atomic mass is 9.85. The quantitative estimate of drug-likeness (QED) is 0.617. The van der Waals surface area contributed by atoms with E-state index in [4.69, 9.17) is 4.74 Å². The van der Waals surface area contributed by atoms with E-state index in [1.165, 1.54) is 0 Å². The smallest absolute Gasteiger partial charge is 0.339 e. The zero-order valence-corrected chi connectivity index (χ0v) is 15.0. The van der Waals surface area contributed by atoms with Crippen LogP contribution in [0.15, 0.2) is 54.6 Å². The van der Waals surface area contributed by atoms with E-state index < -0.39 is 5.60 Å². The van der Waals surface area contributed by atoms with E-state index in [0.717, 1.165) is 12.0 Å². The maximum atomic E-state index is 12.7. The first-order valence-electron chi connectivity index (χ1n) is 9.28. The molecular formula is C22H21NO4. The van der Waals surface area contributed by atoms with Gasteiger partial charge in [-0.3, -0.25) is 9.59 Å².